The number of benzene rings is 1. The third-order valence-corrected chi connectivity index (χ3v) is 7.52. The first-order chi connectivity index (χ1) is 19.0. The monoisotopic (exact) mass is 584 g/mol. The van der Waals surface area contributed by atoms with Gasteiger partial charge in [-0.2, -0.15) is 18.3 Å². The van der Waals surface area contributed by atoms with Gasteiger partial charge in [-0.25, -0.2) is 4.98 Å². The normalized spacial score (nSPS) is 23.1. The van der Waals surface area contributed by atoms with Gasteiger partial charge in [-0.3, -0.25) is 9.80 Å². The van der Waals surface area contributed by atoms with E-state index in [1.54, 1.807) is 50.7 Å². The second-order valence-corrected chi connectivity index (χ2v) is 10.1. The largest absolute Gasteiger partial charge is 0.490 e. The fourth-order valence-electron chi connectivity index (χ4n) is 5.13. The third kappa shape index (κ3) is 6.55. The number of pyridine rings is 1. The lowest BCUT2D eigenvalue weighted by Gasteiger charge is -2.39. The Morgan fingerprint density at radius 3 is 2.52 bits per heavy atom. The number of alkyl halides is 3. The van der Waals surface area contributed by atoms with Gasteiger partial charge in [-0.1, -0.05) is 18.5 Å². The molecule has 0 spiro atoms. The number of carbonyl (C=O) groups is 1. The van der Waals surface area contributed by atoms with E-state index in [1.807, 2.05) is 0 Å². The molecule has 2 aliphatic heterocycles. The molecular weight excluding hydrogens is 553 g/mol. The molecule has 2 unspecified atom stereocenters. The Hall–Kier alpha value is -3.25. The summed E-state index contributed by atoms with van der Waals surface area (Å²) in [5, 5.41) is 5.61. The molecule has 3 heterocycles. The third-order valence-electron chi connectivity index (χ3n) is 7.23. The second kappa shape index (κ2) is 12.5. The van der Waals surface area contributed by atoms with Gasteiger partial charge >= 0.3 is 12.1 Å². The molecule has 0 N–H and O–H groups in total. The first-order valence-electron chi connectivity index (χ1n) is 12.8. The highest BCUT2D eigenvalue weighted by molar-refractivity contribution is 6.33. The summed E-state index contributed by atoms with van der Waals surface area (Å²) in [4.78, 5) is 18.2. The molecule has 218 valence electrons. The van der Waals surface area contributed by atoms with Gasteiger partial charge in [0.15, 0.2) is 0 Å². The molecule has 4 atom stereocenters. The summed E-state index contributed by atoms with van der Waals surface area (Å²) < 4.78 is 62.5. The van der Waals surface area contributed by atoms with E-state index < -0.39 is 29.8 Å². The lowest BCUT2D eigenvalue weighted by molar-refractivity contribution is -0.141. The first-order valence-corrected chi connectivity index (χ1v) is 13.1. The topological polar surface area (TPSA) is 85.7 Å². The first kappa shape index (κ1) is 29.7. The standard InChI is InChI=1S/C27H32ClF3N4O5/c1-16-21(12-25(36)39-4)35(33-26(16)27(29,30)31)18-5-7-19(8-6-18)40-23-9-10-34(14-17(23)15-37-2)22-11-24(38-3)32-13-20(22)28/h5-8,11,13,16-17,21,23H,9-10,12,14-15H2,1-4H3/t16-,17?,21-,23?/m0/s1. The number of nitrogens with zero attached hydrogens (tertiary/aromatic N) is 4. The van der Waals surface area contributed by atoms with E-state index in [0.29, 0.717) is 48.5 Å². The highest BCUT2D eigenvalue weighted by Gasteiger charge is 2.49. The second-order valence-electron chi connectivity index (χ2n) is 9.74. The number of ether oxygens (including phenoxy) is 4. The van der Waals surface area contributed by atoms with Crippen LogP contribution in [0, 0.1) is 11.8 Å². The summed E-state index contributed by atoms with van der Waals surface area (Å²) in [7, 11) is 4.38. The van der Waals surface area contributed by atoms with Crippen LogP contribution in [0.5, 0.6) is 11.6 Å². The predicted octanol–water partition coefficient (Wildman–Crippen LogP) is 4.97. The molecule has 0 aliphatic carbocycles. The molecule has 9 nitrogen and oxygen atoms in total. The van der Waals surface area contributed by atoms with E-state index in [-0.39, 0.29) is 18.4 Å². The van der Waals surface area contributed by atoms with E-state index in [4.69, 9.17) is 30.5 Å². The van der Waals surface area contributed by atoms with Crippen LogP contribution in [-0.2, 0) is 14.3 Å². The Balaban J connectivity index is 1.49. The van der Waals surface area contributed by atoms with Crippen LogP contribution in [0.2, 0.25) is 5.02 Å². The number of methoxy groups -OCH3 is 3. The Labute approximate surface area is 235 Å². The summed E-state index contributed by atoms with van der Waals surface area (Å²) in [5.74, 6) is -0.583. The molecule has 40 heavy (non-hydrogen) atoms. The van der Waals surface area contributed by atoms with E-state index in [9.17, 15) is 18.0 Å². The summed E-state index contributed by atoms with van der Waals surface area (Å²) in [6.07, 6.45) is -2.77. The van der Waals surface area contributed by atoms with Crippen LogP contribution in [0.1, 0.15) is 19.8 Å². The summed E-state index contributed by atoms with van der Waals surface area (Å²) in [5.41, 5.74) is 0.303. The van der Waals surface area contributed by atoms with Crippen LogP contribution in [-0.4, -0.2) is 76.0 Å². The quantitative estimate of drug-likeness (QED) is 0.382. The van der Waals surface area contributed by atoms with Gasteiger partial charge in [-0.15, -0.1) is 0 Å². The van der Waals surface area contributed by atoms with Crippen molar-refractivity contribution in [3.8, 4) is 11.6 Å². The van der Waals surface area contributed by atoms with E-state index in [1.165, 1.54) is 19.0 Å². The molecule has 0 bridgehead atoms. The van der Waals surface area contributed by atoms with E-state index >= 15 is 0 Å². The fraction of sp³-hybridized carbons (Fsp3) is 0.519. The highest BCUT2D eigenvalue weighted by Crippen LogP contribution is 2.38. The maximum Gasteiger partial charge on any atom is 0.431 e. The van der Waals surface area contributed by atoms with Crippen molar-refractivity contribution in [1.82, 2.24) is 4.98 Å². The van der Waals surface area contributed by atoms with Crippen LogP contribution in [0.25, 0.3) is 0 Å². The number of aromatic nitrogens is 1. The number of carbonyl (C=O) groups excluding carboxylic acids is 1. The maximum atomic E-state index is 13.6. The van der Waals surface area contributed by atoms with Crippen molar-refractivity contribution in [2.45, 2.75) is 38.1 Å². The van der Waals surface area contributed by atoms with Gasteiger partial charge < -0.3 is 23.8 Å². The van der Waals surface area contributed by atoms with Crippen molar-refractivity contribution >= 4 is 34.7 Å². The lowest BCUT2D eigenvalue weighted by atomic mass is 9.94. The smallest absolute Gasteiger partial charge is 0.431 e. The van der Waals surface area contributed by atoms with Crippen LogP contribution in [0.15, 0.2) is 41.6 Å². The van der Waals surface area contributed by atoms with Crippen molar-refractivity contribution in [2.75, 3.05) is 50.9 Å². The van der Waals surface area contributed by atoms with E-state index in [0.717, 1.165) is 5.69 Å². The average molecular weight is 585 g/mol. The van der Waals surface area contributed by atoms with Crippen molar-refractivity contribution in [1.29, 1.82) is 0 Å². The van der Waals surface area contributed by atoms with Crippen molar-refractivity contribution in [2.24, 2.45) is 16.9 Å². The van der Waals surface area contributed by atoms with Crippen molar-refractivity contribution < 1.29 is 36.9 Å². The Morgan fingerprint density at radius 1 is 1.18 bits per heavy atom. The number of piperidine rings is 1. The Bertz CT molecular complexity index is 1210. The molecule has 13 heteroatoms. The number of hydrogen-bond acceptors (Lipinski definition) is 9. The minimum absolute atomic E-state index is 0.0106. The minimum atomic E-state index is -4.61. The Kier molecular flexibility index (Phi) is 9.29. The van der Waals surface area contributed by atoms with Crippen LogP contribution < -0.4 is 19.4 Å². The van der Waals surface area contributed by atoms with Crippen LogP contribution in [0.4, 0.5) is 24.5 Å². The van der Waals surface area contributed by atoms with Gasteiger partial charge in [0.1, 0.15) is 17.6 Å². The van der Waals surface area contributed by atoms with Gasteiger partial charge in [0.25, 0.3) is 0 Å². The van der Waals surface area contributed by atoms with Crippen molar-refractivity contribution in [3.63, 3.8) is 0 Å². The molecular formula is C27H32ClF3N4O5. The molecule has 1 aromatic heterocycles. The molecule has 0 amide bonds. The molecule has 1 aromatic carbocycles. The van der Waals surface area contributed by atoms with Crippen molar-refractivity contribution in [3.05, 3.63) is 41.6 Å². The van der Waals surface area contributed by atoms with Gasteiger partial charge in [0.05, 0.1) is 55.9 Å². The fourth-order valence-corrected chi connectivity index (χ4v) is 5.35. The Morgan fingerprint density at radius 2 is 1.90 bits per heavy atom. The predicted molar refractivity (Wildman–Crippen MR) is 144 cm³/mol. The number of hydrazone groups is 1. The number of esters is 1. The molecule has 2 aliphatic rings. The minimum Gasteiger partial charge on any atom is -0.490 e. The van der Waals surface area contributed by atoms with Gasteiger partial charge in [0.2, 0.25) is 5.88 Å². The zero-order valence-corrected chi connectivity index (χ0v) is 23.4. The molecule has 0 saturated carbocycles. The molecule has 2 aromatic rings. The molecule has 0 radical (unpaired) electrons. The number of anilines is 2. The zero-order valence-electron chi connectivity index (χ0n) is 22.7. The SMILES string of the molecule is COCC1CN(c2cc(OC)ncc2Cl)CCC1Oc1ccc(N2N=C(C(F)(F)F)[C@@H](C)[C@@H]2CC(=O)OC)cc1. The zero-order chi connectivity index (χ0) is 29.0. The van der Waals surface area contributed by atoms with Crippen LogP contribution in [0.3, 0.4) is 0 Å². The molecule has 4 rings (SSSR count). The average Bonchev–Trinajstić information content (AvgIpc) is 3.26. The van der Waals surface area contributed by atoms with Gasteiger partial charge in [-0.05, 0) is 24.3 Å². The lowest BCUT2D eigenvalue weighted by Crippen LogP contribution is -2.47. The number of rotatable bonds is 9. The number of hydrogen-bond donors (Lipinski definition) is 0. The number of halogens is 4. The van der Waals surface area contributed by atoms with Crippen LogP contribution >= 0.6 is 11.6 Å². The molecule has 1 fully saturated rings. The van der Waals surface area contributed by atoms with Gasteiger partial charge in [0, 0.05) is 44.5 Å². The van der Waals surface area contributed by atoms with E-state index in [2.05, 4.69) is 15.0 Å². The maximum absolute atomic E-state index is 13.6. The summed E-state index contributed by atoms with van der Waals surface area (Å²) in [6, 6.07) is 7.63. The summed E-state index contributed by atoms with van der Waals surface area (Å²) >= 11 is 6.41. The molecule has 1 saturated heterocycles. The highest BCUT2D eigenvalue weighted by atomic mass is 35.5. The summed E-state index contributed by atoms with van der Waals surface area (Å²) in [6.45, 7) is 3.16.